The average molecular weight is 259 g/mol. The van der Waals surface area contributed by atoms with Crippen LogP contribution in [0.25, 0.3) is 0 Å². The Kier molecular flexibility index (Phi) is 4.49. The summed E-state index contributed by atoms with van der Waals surface area (Å²) in [5, 5.41) is 5.98. The van der Waals surface area contributed by atoms with Crippen LogP contribution in [0, 0.1) is 0 Å². The minimum absolute atomic E-state index is 0.152. The van der Waals surface area contributed by atoms with Gasteiger partial charge in [-0.1, -0.05) is 0 Å². The quantitative estimate of drug-likeness (QED) is 0.816. The zero-order valence-corrected chi connectivity index (χ0v) is 10.8. The molecule has 100 valence electrons. The van der Waals surface area contributed by atoms with Crippen molar-refractivity contribution in [2.24, 2.45) is 0 Å². The van der Waals surface area contributed by atoms with Crippen LogP contribution in [0.5, 0.6) is 0 Å². The van der Waals surface area contributed by atoms with Gasteiger partial charge in [-0.05, 0) is 19.1 Å². The molecule has 2 aromatic heterocycles. The summed E-state index contributed by atoms with van der Waals surface area (Å²) in [7, 11) is 0. The van der Waals surface area contributed by atoms with Crippen LogP contribution in [0.1, 0.15) is 17.4 Å². The van der Waals surface area contributed by atoms with E-state index in [2.05, 4.69) is 20.6 Å². The second kappa shape index (κ2) is 6.53. The zero-order valence-electron chi connectivity index (χ0n) is 10.8. The number of amides is 1. The molecular weight excluding hydrogens is 242 g/mol. The van der Waals surface area contributed by atoms with E-state index in [4.69, 9.17) is 0 Å². The van der Waals surface area contributed by atoms with Crippen molar-refractivity contribution in [1.29, 1.82) is 0 Å². The Morgan fingerprint density at radius 2 is 2.32 bits per heavy atom. The fourth-order valence-corrected chi connectivity index (χ4v) is 1.66. The lowest BCUT2D eigenvalue weighted by molar-refractivity contribution is 0.0951. The maximum atomic E-state index is 11.6. The first-order valence-electron chi connectivity index (χ1n) is 6.23. The predicted octanol–water partition coefficient (Wildman–Crippen LogP) is 1.14. The average Bonchev–Trinajstić information content (AvgIpc) is 2.93. The lowest BCUT2D eigenvalue weighted by Gasteiger charge is -2.08. The van der Waals surface area contributed by atoms with Crippen molar-refractivity contribution >= 4 is 11.6 Å². The van der Waals surface area contributed by atoms with Gasteiger partial charge in [0, 0.05) is 43.9 Å². The van der Waals surface area contributed by atoms with Crippen molar-refractivity contribution in [3.63, 3.8) is 0 Å². The highest BCUT2D eigenvalue weighted by Gasteiger charge is 2.05. The molecular formula is C13H17N5O. The number of hydrogen-bond acceptors (Lipinski definition) is 4. The van der Waals surface area contributed by atoms with Gasteiger partial charge >= 0.3 is 0 Å². The van der Waals surface area contributed by atoms with Crippen LogP contribution in [0.15, 0.2) is 37.1 Å². The summed E-state index contributed by atoms with van der Waals surface area (Å²) in [6.07, 6.45) is 7.06. The van der Waals surface area contributed by atoms with E-state index in [0.29, 0.717) is 12.2 Å². The highest BCUT2D eigenvalue weighted by Crippen LogP contribution is 2.07. The summed E-state index contributed by atoms with van der Waals surface area (Å²) in [6, 6.07) is 3.59. The number of pyridine rings is 1. The molecule has 1 amide bonds. The van der Waals surface area contributed by atoms with E-state index in [1.807, 2.05) is 23.8 Å². The molecule has 6 heteroatoms. The number of carbonyl (C=O) groups is 1. The number of nitrogens with zero attached hydrogens (tertiary/aromatic N) is 3. The fourth-order valence-electron chi connectivity index (χ4n) is 1.66. The van der Waals surface area contributed by atoms with Gasteiger partial charge in [0.1, 0.15) is 5.69 Å². The van der Waals surface area contributed by atoms with Gasteiger partial charge in [-0.3, -0.25) is 9.78 Å². The van der Waals surface area contributed by atoms with Crippen LogP contribution in [0.4, 0.5) is 5.69 Å². The van der Waals surface area contributed by atoms with Crippen LogP contribution in [-0.4, -0.2) is 33.5 Å². The number of aromatic nitrogens is 3. The molecule has 0 aliphatic carbocycles. The summed E-state index contributed by atoms with van der Waals surface area (Å²) in [4.78, 5) is 19.7. The molecule has 6 nitrogen and oxygen atoms in total. The summed E-state index contributed by atoms with van der Waals surface area (Å²) in [6.45, 7) is 4.05. The highest BCUT2D eigenvalue weighted by molar-refractivity contribution is 5.93. The van der Waals surface area contributed by atoms with Gasteiger partial charge in [-0.25, -0.2) is 4.98 Å². The normalized spacial score (nSPS) is 10.2. The lowest BCUT2D eigenvalue weighted by Crippen LogP contribution is -2.23. The maximum Gasteiger partial charge on any atom is 0.269 e. The zero-order chi connectivity index (χ0) is 13.5. The second-order valence-electron chi connectivity index (χ2n) is 4.02. The summed E-state index contributed by atoms with van der Waals surface area (Å²) < 4.78 is 1.99. The van der Waals surface area contributed by atoms with E-state index >= 15 is 0 Å². The molecule has 0 fully saturated rings. The van der Waals surface area contributed by atoms with Crippen molar-refractivity contribution < 1.29 is 4.79 Å². The van der Waals surface area contributed by atoms with Gasteiger partial charge < -0.3 is 15.2 Å². The molecule has 0 radical (unpaired) electrons. The monoisotopic (exact) mass is 259 g/mol. The molecule has 0 aliphatic rings. The molecule has 0 bridgehead atoms. The number of hydrogen-bond donors (Lipinski definition) is 2. The fraction of sp³-hybridized carbons (Fsp3) is 0.308. The topological polar surface area (TPSA) is 71.8 Å². The maximum absolute atomic E-state index is 11.6. The molecule has 0 saturated carbocycles. The lowest BCUT2D eigenvalue weighted by atomic mass is 10.3. The minimum Gasteiger partial charge on any atom is -0.383 e. The number of carbonyl (C=O) groups excluding carboxylic acids is 1. The SMILES string of the molecule is CCNC(=O)c1cc(NCCn2ccnc2)ccn1. The van der Waals surface area contributed by atoms with Crippen LogP contribution in [0.2, 0.25) is 0 Å². The van der Waals surface area contributed by atoms with E-state index in [-0.39, 0.29) is 5.91 Å². The predicted molar refractivity (Wildman–Crippen MR) is 73.0 cm³/mol. The van der Waals surface area contributed by atoms with E-state index in [1.54, 1.807) is 24.8 Å². The molecule has 0 saturated heterocycles. The Labute approximate surface area is 111 Å². The van der Waals surface area contributed by atoms with E-state index in [9.17, 15) is 4.79 Å². The van der Waals surface area contributed by atoms with Gasteiger partial charge in [-0.2, -0.15) is 0 Å². The van der Waals surface area contributed by atoms with Crippen molar-refractivity contribution in [3.05, 3.63) is 42.7 Å². The van der Waals surface area contributed by atoms with Crippen LogP contribution >= 0.6 is 0 Å². The summed E-state index contributed by atoms with van der Waals surface area (Å²) in [5.41, 5.74) is 1.31. The smallest absolute Gasteiger partial charge is 0.269 e. The number of nitrogens with one attached hydrogen (secondary N) is 2. The molecule has 19 heavy (non-hydrogen) atoms. The molecule has 0 unspecified atom stereocenters. The molecule has 0 atom stereocenters. The molecule has 0 aliphatic heterocycles. The Balaban J connectivity index is 1.90. The third kappa shape index (κ3) is 3.80. The molecule has 2 aromatic rings. The Bertz CT molecular complexity index is 524. The standard InChI is InChI=1S/C13H17N5O/c1-2-15-13(19)12-9-11(3-4-17-12)16-6-8-18-7-5-14-10-18/h3-5,7,9-10H,2,6,8H2,1H3,(H,15,19)(H,16,17). The van der Waals surface area contributed by atoms with Crippen LogP contribution in [0.3, 0.4) is 0 Å². The van der Waals surface area contributed by atoms with Crippen molar-refractivity contribution in [2.45, 2.75) is 13.5 Å². The molecule has 2 N–H and O–H groups in total. The first kappa shape index (κ1) is 13.1. The van der Waals surface area contributed by atoms with Gasteiger partial charge in [0.25, 0.3) is 5.91 Å². The molecule has 0 aromatic carbocycles. The van der Waals surface area contributed by atoms with Crippen molar-refractivity contribution in [3.8, 4) is 0 Å². The van der Waals surface area contributed by atoms with Crippen molar-refractivity contribution in [2.75, 3.05) is 18.4 Å². The van der Waals surface area contributed by atoms with Gasteiger partial charge in [0.2, 0.25) is 0 Å². The first-order valence-corrected chi connectivity index (χ1v) is 6.23. The highest BCUT2D eigenvalue weighted by atomic mass is 16.1. The third-order valence-electron chi connectivity index (χ3n) is 2.59. The number of rotatable bonds is 6. The van der Waals surface area contributed by atoms with Gasteiger partial charge in [-0.15, -0.1) is 0 Å². The Morgan fingerprint density at radius 1 is 1.42 bits per heavy atom. The molecule has 2 heterocycles. The summed E-state index contributed by atoms with van der Waals surface area (Å²) in [5.74, 6) is -0.152. The molecule has 0 spiro atoms. The Hall–Kier alpha value is -2.37. The first-order chi connectivity index (χ1) is 9.29. The van der Waals surface area contributed by atoms with E-state index < -0.39 is 0 Å². The minimum atomic E-state index is -0.152. The number of anilines is 1. The number of imidazole rings is 1. The summed E-state index contributed by atoms with van der Waals surface area (Å²) >= 11 is 0. The third-order valence-corrected chi connectivity index (χ3v) is 2.59. The largest absolute Gasteiger partial charge is 0.383 e. The van der Waals surface area contributed by atoms with Crippen molar-refractivity contribution in [1.82, 2.24) is 19.9 Å². The Morgan fingerprint density at radius 3 is 3.05 bits per heavy atom. The second-order valence-corrected chi connectivity index (χ2v) is 4.02. The van der Waals surface area contributed by atoms with E-state index in [0.717, 1.165) is 18.8 Å². The molecule has 2 rings (SSSR count). The van der Waals surface area contributed by atoms with Gasteiger partial charge in [0.15, 0.2) is 0 Å². The van der Waals surface area contributed by atoms with Crippen LogP contribution < -0.4 is 10.6 Å². The van der Waals surface area contributed by atoms with E-state index in [1.165, 1.54) is 0 Å². The van der Waals surface area contributed by atoms with Gasteiger partial charge in [0.05, 0.1) is 6.33 Å². The van der Waals surface area contributed by atoms with Crippen LogP contribution in [-0.2, 0) is 6.54 Å².